The van der Waals surface area contributed by atoms with Crippen molar-refractivity contribution in [2.45, 2.75) is 19.3 Å². The molecule has 9 aromatic carbocycles. The van der Waals surface area contributed by atoms with Gasteiger partial charge in [0.1, 0.15) is 0 Å². The zero-order valence-corrected chi connectivity index (χ0v) is 29.3. The third-order valence-corrected chi connectivity index (χ3v) is 11.2. The maximum Gasteiger partial charge on any atom is 0.0625 e. The summed E-state index contributed by atoms with van der Waals surface area (Å²) in [5.74, 6) is 0. The van der Waals surface area contributed by atoms with Crippen LogP contribution >= 0.6 is 0 Å². The van der Waals surface area contributed by atoms with E-state index in [1.165, 1.54) is 82.5 Å². The number of para-hydroxylation sites is 1. The molecule has 0 aromatic heterocycles. The van der Waals surface area contributed by atoms with E-state index in [-0.39, 0.29) is 5.41 Å². The normalized spacial score (nSPS) is 13.0. The number of hydrogen-bond donors (Lipinski definition) is 0. The van der Waals surface area contributed by atoms with Gasteiger partial charge in [0.15, 0.2) is 0 Å². The molecular weight excluding hydrogens is 627 g/mol. The van der Waals surface area contributed by atoms with Gasteiger partial charge in [-0.05, 0) is 96.2 Å². The van der Waals surface area contributed by atoms with Gasteiger partial charge in [0.05, 0.1) is 5.69 Å². The monoisotopic (exact) mass is 663 g/mol. The van der Waals surface area contributed by atoms with Gasteiger partial charge in [-0.25, -0.2) is 0 Å². The number of hydrogen-bond acceptors (Lipinski definition) is 1. The number of benzene rings is 9. The molecule has 0 aliphatic heterocycles. The van der Waals surface area contributed by atoms with Crippen LogP contribution in [0.4, 0.5) is 17.1 Å². The largest absolute Gasteiger partial charge is 0.309 e. The van der Waals surface area contributed by atoms with Gasteiger partial charge in [0.25, 0.3) is 0 Å². The van der Waals surface area contributed by atoms with Gasteiger partial charge >= 0.3 is 0 Å². The Kier molecular flexibility index (Phi) is 6.91. The summed E-state index contributed by atoms with van der Waals surface area (Å²) in [6.45, 7) is 4.77. The fraction of sp³-hybridized carbons (Fsp3) is 0.0588. The zero-order chi connectivity index (χ0) is 34.8. The lowest BCUT2D eigenvalue weighted by Gasteiger charge is -2.32. The highest BCUT2D eigenvalue weighted by Gasteiger charge is 2.37. The number of fused-ring (bicyclic) bond motifs is 7. The van der Waals surface area contributed by atoms with E-state index in [1.54, 1.807) is 0 Å². The zero-order valence-electron chi connectivity index (χ0n) is 29.3. The van der Waals surface area contributed by atoms with Gasteiger partial charge in [-0.1, -0.05) is 172 Å². The molecular formula is C51H37N. The summed E-state index contributed by atoms with van der Waals surface area (Å²) in [6.07, 6.45) is 0. The van der Waals surface area contributed by atoms with Crippen LogP contribution in [0.2, 0.25) is 0 Å². The standard InChI is InChI=1S/C51H37N/c1-51(2)47-32-36(34-16-5-3-6-17-34)28-30-42(47)43-31-29-38(33-48(43)51)52(37-20-7-4-8-21-37)50-46-26-14-12-24-41(46)40-23-11-13-25-45(40)49(50)44-27-15-19-35-18-9-10-22-39(35)44/h3-33H,1-2H3. The first kappa shape index (κ1) is 30.4. The van der Waals surface area contributed by atoms with E-state index in [0.29, 0.717) is 0 Å². The van der Waals surface area contributed by atoms with E-state index in [0.717, 1.165) is 11.4 Å². The van der Waals surface area contributed by atoms with Crippen LogP contribution in [0.3, 0.4) is 0 Å². The van der Waals surface area contributed by atoms with Gasteiger partial charge in [-0.2, -0.15) is 0 Å². The number of rotatable bonds is 5. The first-order valence-corrected chi connectivity index (χ1v) is 18.2. The fourth-order valence-corrected chi connectivity index (χ4v) is 8.73. The molecule has 52 heavy (non-hydrogen) atoms. The average molecular weight is 664 g/mol. The minimum absolute atomic E-state index is 0.183. The topological polar surface area (TPSA) is 3.24 Å². The van der Waals surface area contributed by atoms with Crippen molar-refractivity contribution in [2.24, 2.45) is 0 Å². The lowest BCUT2D eigenvalue weighted by Crippen LogP contribution is -2.17. The molecule has 10 rings (SSSR count). The summed E-state index contributed by atoms with van der Waals surface area (Å²) in [5.41, 5.74) is 13.6. The van der Waals surface area contributed by atoms with Crippen LogP contribution in [-0.4, -0.2) is 0 Å². The van der Waals surface area contributed by atoms with Crippen molar-refractivity contribution in [3.8, 4) is 33.4 Å². The molecule has 0 fully saturated rings. The highest BCUT2D eigenvalue weighted by Crippen LogP contribution is 2.54. The van der Waals surface area contributed by atoms with Crippen LogP contribution in [0.25, 0.3) is 65.7 Å². The highest BCUT2D eigenvalue weighted by atomic mass is 15.1. The Balaban J connectivity index is 1.27. The van der Waals surface area contributed by atoms with Crippen molar-refractivity contribution in [3.05, 3.63) is 199 Å². The van der Waals surface area contributed by atoms with Crippen LogP contribution in [-0.2, 0) is 5.41 Å². The van der Waals surface area contributed by atoms with E-state index in [4.69, 9.17) is 0 Å². The molecule has 0 saturated carbocycles. The smallest absolute Gasteiger partial charge is 0.0625 e. The Morgan fingerprint density at radius 1 is 0.365 bits per heavy atom. The van der Waals surface area contributed by atoms with Crippen molar-refractivity contribution < 1.29 is 0 Å². The second-order valence-electron chi connectivity index (χ2n) is 14.5. The maximum atomic E-state index is 2.51. The summed E-state index contributed by atoms with van der Waals surface area (Å²) in [5, 5.41) is 7.47. The third kappa shape index (κ3) is 4.63. The van der Waals surface area contributed by atoms with Gasteiger partial charge < -0.3 is 4.90 Å². The summed E-state index contributed by atoms with van der Waals surface area (Å²) in [6, 6.07) is 69.2. The SMILES string of the molecule is CC1(C)c2cc(-c3ccccc3)ccc2-c2ccc(N(c3ccccc3)c3c(-c4cccc5ccccc45)c4ccccc4c4ccccc34)cc21. The van der Waals surface area contributed by atoms with Gasteiger partial charge in [0.2, 0.25) is 0 Å². The quantitative estimate of drug-likeness (QED) is 0.166. The molecule has 1 aliphatic carbocycles. The minimum atomic E-state index is -0.183. The fourth-order valence-electron chi connectivity index (χ4n) is 8.73. The summed E-state index contributed by atoms with van der Waals surface area (Å²) in [7, 11) is 0. The van der Waals surface area contributed by atoms with Crippen LogP contribution in [0.15, 0.2) is 188 Å². The van der Waals surface area contributed by atoms with Crippen LogP contribution in [0.1, 0.15) is 25.0 Å². The molecule has 1 nitrogen and oxygen atoms in total. The molecule has 0 N–H and O–H groups in total. The van der Waals surface area contributed by atoms with Gasteiger partial charge in [-0.3, -0.25) is 0 Å². The first-order chi connectivity index (χ1) is 25.6. The van der Waals surface area contributed by atoms with E-state index >= 15 is 0 Å². The van der Waals surface area contributed by atoms with Crippen LogP contribution in [0.5, 0.6) is 0 Å². The predicted octanol–water partition coefficient (Wildman–Crippen LogP) is 14.3. The van der Waals surface area contributed by atoms with Crippen LogP contribution < -0.4 is 4.90 Å². The van der Waals surface area contributed by atoms with Gasteiger partial charge in [0, 0.05) is 27.7 Å². The van der Waals surface area contributed by atoms with Crippen molar-refractivity contribution in [2.75, 3.05) is 4.90 Å². The molecule has 1 aliphatic rings. The minimum Gasteiger partial charge on any atom is -0.309 e. The number of anilines is 3. The predicted molar refractivity (Wildman–Crippen MR) is 222 cm³/mol. The average Bonchev–Trinajstić information content (AvgIpc) is 3.43. The van der Waals surface area contributed by atoms with Crippen molar-refractivity contribution in [3.63, 3.8) is 0 Å². The molecule has 0 spiro atoms. The summed E-state index contributed by atoms with van der Waals surface area (Å²) < 4.78 is 0. The van der Waals surface area contributed by atoms with E-state index in [9.17, 15) is 0 Å². The number of nitrogens with zero attached hydrogens (tertiary/aromatic N) is 1. The Hall–Kier alpha value is -6.44. The molecule has 0 unspecified atom stereocenters. The summed E-state index contributed by atoms with van der Waals surface area (Å²) in [4.78, 5) is 2.51. The Bertz CT molecular complexity index is 2810. The first-order valence-electron chi connectivity index (χ1n) is 18.2. The second kappa shape index (κ2) is 11.8. The lowest BCUT2D eigenvalue weighted by atomic mass is 9.81. The highest BCUT2D eigenvalue weighted by molar-refractivity contribution is 6.24. The lowest BCUT2D eigenvalue weighted by molar-refractivity contribution is 0.660. The van der Waals surface area contributed by atoms with E-state index in [2.05, 4.69) is 207 Å². The maximum absolute atomic E-state index is 2.51. The van der Waals surface area contributed by atoms with E-state index < -0.39 is 0 Å². The van der Waals surface area contributed by atoms with Crippen molar-refractivity contribution in [1.82, 2.24) is 0 Å². The molecule has 0 heterocycles. The van der Waals surface area contributed by atoms with Crippen molar-refractivity contribution >= 4 is 49.4 Å². The molecule has 0 saturated heterocycles. The van der Waals surface area contributed by atoms with Crippen LogP contribution in [0, 0.1) is 0 Å². The Morgan fingerprint density at radius 3 is 1.67 bits per heavy atom. The second-order valence-corrected chi connectivity index (χ2v) is 14.5. The molecule has 0 radical (unpaired) electrons. The van der Waals surface area contributed by atoms with E-state index in [1.807, 2.05) is 0 Å². The van der Waals surface area contributed by atoms with Crippen molar-refractivity contribution in [1.29, 1.82) is 0 Å². The molecule has 1 heteroatoms. The molecule has 9 aromatic rings. The Labute approximate surface area is 305 Å². The summed E-state index contributed by atoms with van der Waals surface area (Å²) >= 11 is 0. The third-order valence-electron chi connectivity index (χ3n) is 11.2. The molecule has 0 amide bonds. The van der Waals surface area contributed by atoms with Gasteiger partial charge in [-0.15, -0.1) is 0 Å². The molecule has 246 valence electrons. The molecule has 0 bridgehead atoms. The molecule has 0 atom stereocenters. The Morgan fingerprint density at radius 2 is 0.923 bits per heavy atom.